The number of nitrogens with one attached hydrogen (secondary N) is 1. The van der Waals surface area contributed by atoms with E-state index in [1.54, 1.807) is 32.9 Å². The van der Waals surface area contributed by atoms with Gasteiger partial charge in [0.2, 0.25) is 5.91 Å². The van der Waals surface area contributed by atoms with Gasteiger partial charge in [0.15, 0.2) is 0 Å². The van der Waals surface area contributed by atoms with Crippen LogP contribution in [0.25, 0.3) is 6.08 Å². The van der Waals surface area contributed by atoms with Gasteiger partial charge in [0.1, 0.15) is 5.82 Å². The maximum atomic E-state index is 12.9. The lowest BCUT2D eigenvalue weighted by Crippen LogP contribution is -2.50. The number of rotatable bonds is 4. The molecule has 0 fully saturated rings. The fraction of sp³-hybridized carbons (Fsp3) is 0.357. The van der Waals surface area contributed by atoms with Crippen molar-refractivity contribution in [1.29, 1.82) is 0 Å². The summed E-state index contributed by atoms with van der Waals surface area (Å²) in [4.78, 5) is 11.6. The highest BCUT2D eigenvalue weighted by molar-refractivity contribution is 5.92. The summed E-state index contributed by atoms with van der Waals surface area (Å²) in [6, 6.07) is 5.96. The monoisotopic (exact) mass is 251 g/mol. The standard InChI is InChI=1S/C14H18FNO2/c1-10(17)14(2,3)16-13(18)8-7-11-5-4-6-12(15)9-11/h4-10,17H,1-3H3,(H,16,18)/b8-7+. The van der Waals surface area contributed by atoms with E-state index in [0.29, 0.717) is 5.56 Å². The summed E-state index contributed by atoms with van der Waals surface area (Å²) in [5.41, 5.74) is -0.0939. The van der Waals surface area contributed by atoms with Crippen LogP contribution in [0.5, 0.6) is 0 Å². The van der Waals surface area contributed by atoms with Gasteiger partial charge in [-0.05, 0) is 44.5 Å². The molecular weight excluding hydrogens is 233 g/mol. The average molecular weight is 251 g/mol. The lowest BCUT2D eigenvalue weighted by molar-refractivity contribution is -0.119. The van der Waals surface area contributed by atoms with E-state index in [1.165, 1.54) is 24.3 Å². The first kappa shape index (κ1) is 14.4. The number of halogens is 1. The molecule has 18 heavy (non-hydrogen) atoms. The van der Waals surface area contributed by atoms with E-state index < -0.39 is 11.6 Å². The van der Waals surface area contributed by atoms with E-state index in [2.05, 4.69) is 5.32 Å². The molecule has 4 heteroatoms. The zero-order chi connectivity index (χ0) is 13.8. The van der Waals surface area contributed by atoms with Gasteiger partial charge in [-0.25, -0.2) is 4.39 Å². The minimum Gasteiger partial charge on any atom is -0.391 e. The second-order valence-electron chi connectivity index (χ2n) is 4.78. The molecule has 0 aliphatic heterocycles. The summed E-state index contributed by atoms with van der Waals surface area (Å²) in [5, 5.41) is 12.1. The van der Waals surface area contributed by atoms with E-state index in [4.69, 9.17) is 0 Å². The van der Waals surface area contributed by atoms with Gasteiger partial charge in [0, 0.05) is 6.08 Å². The van der Waals surface area contributed by atoms with Gasteiger partial charge in [0.25, 0.3) is 0 Å². The van der Waals surface area contributed by atoms with Gasteiger partial charge >= 0.3 is 0 Å². The van der Waals surface area contributed by atoms with Crippen LogP contribution >= 0.6 is 0 Å². The third-order valence-electron chi connectivity index (χ3n) is 2.77. The highest BCUT2D eigenvalue weighted by atomic mass is 19.1. The van der Waals surface area contributed by atoms with Crippen molar-refractivity contribution in [2.45, 2.75) is 32.4 Å². The smallest absolute Gasteiger partial charge is 0.244 e. The molecule has 1 unspecified atom stereocenters. The lowest BCUT2D eigenvalue weighted by atomic mass is 9.99. The summed E-state index contributed by atoms with van der Waals surface area (Å²) in [6.07, 6.45) is 2.18. The van der Waals surface area contributed by atoms with Gasteiger partial charge in [-0.15, -0.1) is 0 Å². The van der Waals surface area contributed by atoms with Crippen molar-refractivity contribution < 1.29 is 14.3 Å². The van der Waals surface area contributed by atoms with E-state index in [-0.39, 0.29) is 11.7 Å². The predicted octanol–water partition coefficient (Wildman–Crippen LogP) is 2.11. The van der Waals surface area contributed by atoms with Crippen LogP contribution in [-0.2, 0) is 4.79 Å². The topological polar surface area (TPSA) is 49.3 Å². The molecule has 1 amide bonds. The number of carbonyl (C=O) groups is 1. The summed E-state index contributed by atoms with van der Waals surface area (Å²) in [7, 11) is 0. The van der Waals surface area contributed by atoms with Crippen LogP contribution < -0.4 is 5.32 Å². The third-order valence-corrected chi connectivity index (χ3v) is 2.77. The van der Waals surface area contributed by atoms with Crippen molar-refractivity contribution in [3.8, 4) is 0 Å². The molecule has 0 saturated carbocycles. The number of amides is 1. The summed E-state index contributed by atoms with van der Waals surface area (Å²) < 4.78 is 12.9. The zero-order valence-electron chi connectivity index (χ0n) is 10.8. The molecule has 1 aromatic carbocycles. The Morgan fingerprint density at radius 2 is 2.17 bits per heavy atom. The molecule has 0 spiro atoms. The van der Waals surface area contributed by atoms with E-state index in [0.717, 1.165) is 0 Å². The van der Waals surface area contributed by atoms with E-state index in [1.807, 2.05) is 0 Å². The maximum Gasteiger partial charge on any atom is 0.244 e. The van der Waals surface area contributed by atoms with Crippen molar-refractivity contribution in [3.05, 3.63) is 41.7 Å². The summed E-state index contributed by atoms with van der Waals surface area (Å²) in [5.74, 6) is -0.674. The predicted molar refractivity (Wildman–Crippen MR) is 69.3 cm³/mol. The molecule has 1 rings (SSSR count). The van der Waals surface area contributed by atoms with Gasteiger partial charge in [-0.1, -0.05) is 12.1 Å². The molecule has 3 nitrogen and oxygen atoms in total. The van der Waals surface area contributed by atoms with Crippen molar-refractivity contribution in [3.63, 3.8) is 0 Å². The SMILES string of the molecule is CC(O)C(C)(C)NC(=O)/C=C/c1cccc(F)c1. The van der Waals surface area contributed by atoms with Crippen molar-refractivity contribution in [1.82, 2.24) is 5.32 Å². The van der Waals surface area contributed by atoms with Crippen LogP contribution in [-0.4, -0.2) is 22.7 Å². The minimum atomic E-state index is -0.705. The lowest BCUT2D eigenvalue weighted by Gasteiger charge is -2.28. The van der Waals surface area contributed by atoms with Crippen LogP contribution in [0.1, 0.15) is 26.3 Å². The number of hydrogen-bond donors (Lipinski definition) is 2. The second kappa shape index (κ2) is 5.78. The zero-order valence-corrected chi connectivity index (χ0v) is 10.8. The van der Waals surface area contributed by atoms with Crippen molar-refractivity contribution in [2.75, 3.05) is 0 Å². The highest BCUT2D eigenvalue weighted by Gasteiger charge is 2.24. The van der Waals surface area contributed by atoms with E-state index in [9.17, 15) is 14.3 Å². The van der Waals surface area contributed by atoms with Gasteiger partial charge in [-0.2, -0.15) is 0 Å². The molecule has 1 atom stereocenters. The van der Waals surface area contributed by atoms with Gasteiger partial charge in [-0.3, -0.25) is 4.79 Å². The van der Waals surface area contributed by atoms with Crippen LogP contribution in [0, 0.1) is 5.82 Å². The third kappa shape index (κ3) is 4.30. The van der Waals surface area contributed by atoms with Crippen LogP contribution in [0.3, 0.4) is 0 Å². The minimum absolute atomic E-state index is 0.329. The Morgan fingerprint density at radius 3 is 2.72 bits per heavy atom. The second-order valence-corrected chi connectivity index (χ2v) is 4.78. The Bertz CT molecular complexity index is 453. The van der Waals surface area contributed by atoms with Crippen molar-refractivity contribution in [2.24, 2.45) is 0 Å². The molecule has 0 aromatic heterocycles. The van der Waals surface area contributed by atoms with Crippen LogP contribution in [0.15, 0.2) is 30.3 Å². The number of carbonyl (C=O) groups excluding carboxylic acids is 1. The molecule has 2 N–H and O–H groups in total. The quantitative estimate of drug-likeness (QED) is 0.805. The number of aliphatic hydroxyl groups is 1. The first-order chi connectivity index (χ1) is 8.31. The molecule has 0 aliphatic rings. The summed E-state index contributed by atoms with van der Waals surface area (Å²) >= 11 is 0. The Kier molecular flexibility index (Phi) is 4.62. The van der Waals surface area contributed by atoms with Gasteiger partial charge < -0.3 is 10.4 Å². The van der Waals surface area contributed by atoms with Crippen LogP contribution in [0.2, 0.25) is 0 Å². The molecule has 98 valence electrons. The molecule has 1 aromatic rings. The first-order valence-electron chi connectivity index (χ1n) is 5.75. The maximum absolute atomic E-state index is 12.9. The Hall–Kier alpha value is -1.68. The molecule has 0 aliphatic carbocycles. The Balaban J connectivity index is 2.66. The normalized spacial score (nSPS) is 13.6. The molecular formula is C14H18FNO2. The molecule has 0 radical (unpaired) electrons. The largest absolute Gasteiger partial charge is 0.391 e. The van der Waals surface area contributed by atoms with Gasteiger partial charge in [0.05, 0.1) is 11.6 Å². The Morgan fingerprint density at radius 1 is 1.50 bits per heavy atom. The number of hydrogen-bond acceptors (Lipinski definition) is 2. The molecule has 0 saturated heterocycles. The number of benzene rings is 1. The first-order valence-corrected chi connectivity index (χ1v) is 5.75. The molecule has 0 heterocycles. The van der Waals surface area contributed by atoms with Crippen molar-refractivity contribution >= 4 is 12.0 Å². The highest BCUT2D eigenvalue weighted by Crippen LogP contribution is 2.09. The fourth-order valence-electron chi connectivity index (χ4n) is 1.25. The van der Waals surface area contributed by atoms with E-state index >= 15 is 0 Å². The van der Waals surface area contributed by atoms with Crippen LogP contribution in [0.4, 0.5) is 4.39 Å². The average Bonchev–Trinajstić information content (AvgIpc) is 2.25. The molecule has 0 bridgehead atoms. The fourth-order valence-corrected chi connectivity index (χ4v) is 1.25. The number of aliphatic hydroxyl groups excluding tert-OH is 1. The Labute approximate surface area is 106 Å². The summed E-state index contributed by atoms with van der Waals surface area (Å²) in [6.45, 7) is 5.06.